The third-order valence-corrected chi connectivity index (χ3v) is 13.4. The van der Waals surface area contributed by atoms with Crippen molar-refractivity contribution in [3.63, 3.8) is 0 Å². The van der Waals surface area contributed by atoms with Gasteiger partial charge in [0.1, 0.15) is 11.6 Å². The summed E-state index contributed by atoms with van der Waals surface area (Å²) in [6.45, 7) is 22.9. The van der Waals surface area contributed by atoms with E-state index in [0.29, 0.717) is 17.4 Å². The Hall–Kier alpha value is -4.04. The number of fused-ring (bicyclic) bond motifs is 3. The smallest absolute Gasteiger partial charge is 0.136 e. The fraction of sp³-hybridized carbons (Fsp3) is 0.545. The second-order valence-electron chi connectivity index (χ2n) is 17.4. The molecule has 3 aliphatic carbocycles. The topological polar surface area (TPSA) is 54.0 Å². The maximum atomic E-state index is 5.09. The third kappa shape index (κ3) is 6.05. The fourth-order valence-electron chi connectivity index (χ4n) is 10.2. The molecule has 7 aliphatic rings. The molecular weight excluding hydrogens is 641 g/mol. The monoisotopic (exact) mass is 698 g/mol. The first-order valence-electron chi connectivity index (χ1n) is 20.2. The van der Waals surface area contributed by atoms with Crippen LogP contribution in [0.3, 0.4) is 0 Å². The standard InChI is InChI=1S/C44H58N8/c1-7-35-36(15-16-45-43(35)51-21-22-52-40-26-44(4,5)25-38(40)37(23-31-11-12-31)42(52)30(51)3)32-24-39(29(2)48(6)28-32)47-41-14-13-34(27-46-41)50-19-17-49(18-20-50)33-9-8-10-33/h13-16,24,27-28,31,33,38,40H,2-3,7-12,17-23,25-26H2,1,4-6H3,(H,46,47). The van der Waals surface area contributed by atoms with Gasteiger partial charge in [-0.25, -0.2) is 9.97 Å². The highest BCUT2D eigenvalue weighted by Crippen LogP contribution is 2.57. The molecule has 274 valence electrons. The number of nitrogens with one attached hydrogen (secondary N) is 1. The maximum Gasteiger partial charge on any atom is 0.136 e. The highest BCUT2D eigenvalue weighted by molar-refractivity contribution is 5.82. The van der Waals surface area contributed by atoms with Crippen LogP contribution in [-0.4, -0.2) is 83.1 Å². The first-order chi connectivity index (χ1) is 25.2. The van der Waals surface area contributed by atoms with Crippen molar-refractivity contribution in [3.05, 3.63) is 95.5 Å². The third-order valence-electron chi connectivity index (χ3n) is 13.4. The normalized spacial score (nSPS) is 26.4. The van der Waals surface area contributed by atoms with E-state index in [9.17, 15) is 0 Å². The molecule has 0 amide bonds. The van der Waals surface area contributed by atoms with E-state index in [4.69, 9.17) is 16.5 Å². The number of nitrogens with zero attached hydrogens (tertiary/aromatic N) is 7. The Bertz CT molecular complexity index is 1840. The van der Waals surface area contributed by atoms with Crippen molar-refractivity contribution >= 4 is 22.9 Å². The number of pyridine rings is 2. The van der Waals surface area contributed by atoms with Gasteiger partial charge in [0, 0.05) is 87.9 Å². The summed E-state index contributed by atoms with van der Waals surface area (Å²) >= 11 is 0. The van der Waals surface area contributed by atoms with Crippen molar-refractivity contribution in [2.45, 2.75) is 90.6 Å². The summed E-state index contributed by atoms with van der Waals surface area (Å²) in [5, 5.41) is 3.62. The van der Waals surface area contributed by atoms with E-state index in [-0.39, 0.29) is 0 Å². The van der Waals surface area contributed by atoms with Crippen LogP contribution in [0.15, 0.2) is 84.4 Å². The number of hydrogen-bond donors (Lipinski definition) is 1. The number of allylic oxidation sites excluding steroid dienone is 2. The van der Waals surface area contributed by atoms with Crippen LogP contribution < -0.4 is 15.1 Å². The summed E-state index contributed by atoms with van der Waals surface area (Å²) in [6, 6.07) is 7.96. The van der Waals surface area contributed by atoms with Crippen molar-refractivity contribution in [3.8, 4) is 0 Å². The van der Waals surface area contributed by atoms with E-state index >= 15 is 0 Å². The molecule has 8 nitrogen and oxygen atoms in total. The predicted molar refractivity (Wildman–Crippen MR) is 214 cm³/mol. The minimum absolute atomic E-state index is 0.414. The molecule has 6 heterocycles. The molecular formula is C44H58N8. The van der Waals surface area contributed by atoms with Crippen LogP contribution >= 0.6 is 0 Å². The second-order valence-corrected chi connectivity index (χ2v) is 17.4. The number of aromatic nitrogens is 2. The number of piperazine rings is 2. The van der Waals surface area contributed by atoms with Crippen LogP contribution in [0.2, 0.25) is 0 Å². The SMILES string of the molecule is C=C1C(Nc2ccc(N3CCN(C4CCC4)CC3)cn2)=CC(c2ccnc(N3CCN4C(=C(CC5CC5)C5CC(C)(C)CC54)C3=C)c2CC)=CN1C. The Labute approximate surface area is 311 Å². The first kappa shape index (κ1) is 33.8. The lowest BCUT2D eigenvalue weighted by atomic mass is 9.86. The zero-order valence-corrected chi connectivity index (χ0v) is 32.0. The molecule has 1 N–H and O–H groups in total. The molecule has 2 atom stereocenters. The molecule has 9 rings (SSSR count). The summed E-state index contributed by atoms with van der Waals surface area (Å²) < 4.78 is 0. The van der Waals surface area contributed by atoms with Gasteiger partial charge in [-0.05, 0) is 98.1 Å². The van der Waals surface area contributed by atoms with Crippen LogP contribution in [0.1, 0.15) is 83.3 Å². The van der Waals surface area contributed by atoms with Crippen molar-refractivity contribution in [2.75, 3.05) is 61.4 Å². The Morgan fingerprint density at radius 3 is 2.42 bits per heavy atom. The molecule has 3 saturated carbocycles. The zero-order chi connectivity index (χ0) is 35.7. The average molecular weight is 699 g/mol. The maximum absolute atomic E-state index is 5.09. The van der Waals surface area contributed by atoms with E-state index in [1.807, 2.05) is 12.4 Å². The van der Waals surface area contributed by atoms with Gasteiger partial charge in [-0.2, -0.15) is 0 Å². The Morgan fingerprint density at radius 1 is 0.923 bits per heavy atom. The van der Waals surface area contributed by atoms with Gasteiger partial charge in [0.25, 0.3) is 0 Å². The Kier molecular flexibility index (Phi) is 8.52. The van der Waals surface area contributed by atoms with Gasteiger partial charge >= 0.3 is 0 Å². The van der Waals surface area contributed by atoms with E-state index in [0.717, 1.165) is 91.9 Å². The molecule has 2 aromatic rings. The zero-order valence-electron chi connectivity index (χ0n) is 32.0. The summed E-state index contributed by atoms with van der Waals surface area (Å²) in [6.07, 6.45) is 20.1. The molecule has 52 heavy (non-hydrogen) atoms. The first-order valence-corrected chi connectivity index (χ1v) is 20.2. The van der Waals surface area contributed by atoms with Crippen LogP contribution in [0.25, 0.3) is 5.57 Å². The van der Waals surface area contributed by atoms with Crippen LogP contribution in [0, 0.1) is 17.3 Å². The minimum Gasteiger partial charge on any atom is -0.368 e. The largest absolute Gasteiger partial charge is 0.368 e. The number of anilines is 3. The molecule has 2 aromatic heterocycles. The van der Waals surface area contributed by atoms with Crippen LogP contribution in [0.4, 0.5) is 17.3 Å². The number of likely N-dealkylation sites (N-methyl/N-ethyl adjacent to an activating group) is 1. The van der Waals surface area contributed by atoms with Gasteiger partial charge in [-0.1, -0.05) is 40.3 Å². The molecule has 5 fully saturated rings. The lowest BCUT2D eigenvalue weighted by Gasteiger charge is -2.43. The van der Waals surface area contributed by atoms with Gasteiger partial charge in [0.2, 0.25) is 0 Å². The number of hydrogen-bond acceptors (Lipinski definition) is 8. The summed E-state index contributed by atoms with van der Waals surface area (Å²) in [5.41, 5.74) is 11.4. The highest BCUT2D eigenvalue weighted by atomic mass is 15.3. The summed E-state index contributed by atoms with van der Waals surface area (Å²) in [4.78, 5) is 22.4. The van der Waals surface area contributed by atoms with Crippen molar-refractivity contribution < 1.29 is 0 Å². The van der Waals surface area contributed by atoms with E-state index < -0.39 is 0 Å². The van der Waals surface area contributed by atoms with Gasteiger partial charge in [-0.15, -0.1) is 0 Å². The van der Waals surface area contributed by atoms with Gasteiger partial charge in [0.15, 0.2) is 0 Å². The van der Waals surface area contributed by atoms with Crippen molar-refractivity contribution in [1.82, 2.24) is 24.7 Å². The van der Waals surface area contributed by atoms with Crippen LogP contribution in [0.5, 0.6) is 0 Å². The van der Waals surface area contributed by atoms with Gasteiger partial charge in [-0.3, -0.25) is 4.90 Å². The number of rotatable bonds is 9. The molecule has 2 unspecified atom stereocenters. The summed E-state index contributed by atoms with van der Waals surface area (Å²) in [7, 11) is 2.08. The fourth-order valence-corrected chi connectivity index (χ4v) is 10.2. The molecule has 0 bridgehead atoms. The average Bonchev–Trinajstić information content (AvgIpc) is 3.82. The molecule has 2 saturated heterocycles. The van der Waals surface area contributed by atoms with Gasteiger partial charge < -0.3 is 24.9 Å². The Morgan fingerprint density at radius 2 is 1.73 bits per heavy atom. The molecule has 0 spiro atoms. The second kappa shape index (κ2) is 13.1. The van der Waals surface area contributed by atoms with E-state index in [1.54, 1.807) is 5.57 Å². The molecule has 0 radical (unpaired) electrons. The van der Waals surface area contributed by atoms with Crippen LogP contribution in [-0.2, 0) is 6.42 Å². The van der Waals surface area contributed by atoms with E-state index in [1.165, 1.54) is 73.9 Å². The molecule has 0 aromatic carbocycles. The van der Waals surface area contributed by atoms with Crippen molar-refractivity contribution in [2.24, 2.45) is 17.3 Å². The highest BCUT2D eigenvalue weighted by Gasteiger charge is 2.52. The predicted octanol–water partition coefficient (Wildman–Crippen LogP) is 8.02. The van der Waals surface area contributed by atoms with E-state index in [2.05, 4.69) is 94.7 Å². The Balaban J connectivity index is 0.953. The quantitative estimate of drug-likeness (QED) is 0.283. The van der Waals surface area contributed by atoms with Crippen molar-refractivity contribution in [1.29, 1.82) is 0 Å². The molecule has 8 heteroatoms. The summed E-state index contributed by atoms with van der Waals surface area (Å²) in [5.74, 6) is 3.44. The molecule has 4 aliphatic heterocycles. The lowest BCUT2D eigenvalue weighted by Crippen LogP contribution is -2.52. The lowest BCUT2D eigenvalue weighted by molar-refractivity contribution is 0.120. The minimum atomic E-state index is 0.414. The van der Waals surface area contributed by atoms with Gasteiger partial charge in [0.05, 0.1) is 34.7 Å².